The Morgan fingerprint density at radius 3 is 2.47 bits per heavy atom. The molecule has 0 saturated heterocycles. The second-order valence-corrected chi connectivity index (χ2v) is 4.32. The highest BCUT2D eigenvalue weighted by Gasteiger charge is 2.10. The van der Waals surface area contributed by atoms with Gasteiger partial charge in [0.05, 0.1) is 4.92 Å². The molecule has 0 spiro atoms. The van der Waals surface area contributed by atoms with Crippen LogP contribution in [-0.4, -0.2) is 20.9 Å². The van der Waals surface area contributed by atoms with Gasteiger partial charge in [0.2, 0.25) is 5.95 Å². The number of rotatable bonds is 6. The number of nitrogens with one attached hydrogen (secondary N) is 1. The molecule has 1 aromatic heterocycles. The topological polar surface area (TPSA) is 81.0 Å². The van der Waals surface area contributed by atoms with Crippen molar-refractivity contribution in [3.8, 4) is 0 Å². The molecule has 6 nitrogen and oxygen atoms in total. The molecule has 94 valence electrons. The maximum Gasteiger partial charge on any atom is 0.305 e. The Bertz CT molecular complexity index is 366. The van der Waals surface area contributed by atoms with Gasteiger partial charge in [0, 0.05) is 6.04 Å². The second kappa shape index (κ2) is 6.12. The fraction of sp³-hybridized carbons (Fsp3) is 0.636. The summed E-state index contributed by atoms with van der Waals surface area (Å²) in [5, 5.41) is 13.6. The minimum absolute atomic E-state index is 0.0925. The quantitative estimate of drug-likeness (QED) is 0.608. The summed E-state index contributed by atoms with van der Waals surface area (Å²) in [6, 6.07) is 0.256. The van der Waals surface area contributed by atoms with Gasteiger partial charge >= 0.3 is 5.69 Å². The standard InChI is InChI=1S/C11H18N4O2/c1-4-8(2)5-9(3)14-11-12-6-10(7-13-11)15(16)17/h6-9H,4-5H2,1-3H3,(H,12,13,14). The number of hydrogen-bond acceptors (Lipinski definition) is 5. The maximum absolute atomic E-state index is 10.4. The van der Waals surface area contributed by atoms with Crippen molar-refractivity contribution in [2.24, 2.45) is 5.92 Å². The second-order valence-electron chi connectivity index (χ2n) is 4.32. The molecule has 1 rings (SSSR count). The fourth-order valence-corrected chi connectivity index (χ4v) is 1.54. The van der Waals surface area contributed by atoms with E-state index >= 15 is 0 Å². The van der Waals surface area contributed by atoms with Gasteiger partial charge in [-0.3, -0.25) is 10.1 Å². The maximum atomic E-state index is 10.4. The van der Waals surface area contributed by atoms with Gasteiger partial charge in [-0.2, -0.15) is 0 Å². The number of aromatic nitrogens is 2. The molecule has 2 atom stereocenters. The molecule has 0 amide bonds. The summed E-state index contributed by atoms with van der Waals surface area (Å²) in [4.78, 5) is 17.7. The number of nitro groups is 1. The molecule has 0 aliphatic carbocycles. The van der Waals surface area contributed by atoms with Crippen LogP contribution in [0.2, 0.25) is 0 Å². The molecular formula is C11H18N4O2. The van der Waals surface area contributed by atoms with Crippen molar-refractivity contribution in [1.29, 1.82) is 0 Å². The Morgan fingerprint density at radius 2 is 2.00 bits per heavy atom. The molecule has 1 aromatic rings. The first-order valence-corrected chi connectivity index (χ1v) is 5.75. The fourth-order valence-electron chi connectivity index (χ4n) is 1.54. The Kier molecular flexibility index (Phi) is 4.81. The van der Waals surface area contributed by atoms with Crippen LogP contribution in [0.25, 0.3) is 0 Å². The van der Waals surface area contributed by atoms with Crippen LogP contribution in [0.15, 0.2) is 12.4 Å². The van der Waals surface area contributed by atoms with Crippen molar-refractivity contribution in [2.75, 3.05) is 5.32 Å². The van der Waals surface area contributed by atoms with Crippen LogP contribution in [0.5, 0.6) is 0 Å². The summed E-state index contributed by atoms with van der Waals surface area (Å²) in [5.74, 6) is 1.07. The van der Waals surface area contributed by atoms with E-state index in [9.17, 15) is 10.1 Å². The van der Waals surface area contributed by atoms with Crippen LogP contribution in [0.4, 0.5) is 11.6 Å². The number of anilines is 1. The zero-order valence-corrected chi connectivity index (χ0v) is 10.4. The van der Waals surface area contributed by atoms with E-state index in [4.69, 9.17) is 0 Å². The average Bonchev–Trinajstić information content (AvgIpc) is 2.29. The predicted molar refractivity (Wildman–Crippen MR) is 65.8 cm³/mol. The van der Waals surface area contributed by atoms with Gasteiger partial charge in [-0.25, -0.2) is 9.97 Å². The lowest BCUT2D eigenvalue weighted by Crippen LogP contribution is -2.19. The van der Waals surface area contributed by atoms with Crippen LogP contribution in [0.3, 0.4) is 0 Å². The molecule has 0 aliphatic heterocycles. The lowest BCUT2D eigenvalue weighted by molar-refractivity contribution is -0.385. The molecular weight excluding hydrogens is 220 g/mol. The van der Waals surface area contributed by atoms with Crippen molar-refractivity contribution < 1.29 is 4.92 Å². The molecule has 0 aliphatic rings. The van der Waals surface area contributed by atoms with Crippen molar-refractivity contribution in [3.63, 3.8) is 0 Å². The third kappa shape index (κ3) is 4.34. The van der Waals surface area contributed by atoms with Gasteiger partial charge in [0.1, 0.15) is 12.4 Å². The largest absolute Gasteiger partial charge is 0.352 e. The minimum atomic E-state index is -0.508. The van der Waals surface area contributed by atoms with Crippen molar-refractivity contribution >= 4 is 11.6 Å². The highest BCUT2D eigenvalue weighted by molar-refractivity contribution is 5.31. The minimum Gasteiger partial charge on any atom is -0.352 e. The zero-order chi connectivity index (χ0) is 12.8. The molecule has 0 fully saturated rings. The van der Waals surface area contributed by atoms with Crippen LogP contribution in [0.1, 0.15) is 33.6 Å². The van der Waals surface area contributed by atoms with Crippen LogP contribution in [-0.2, 0) is 0 Å². The third-order valence-electron chi connectivity index (χ3n) is 2.68. The molecule has 0 bridgehead atoms. The number of hydrogen-bond donors (Lipinski definition) is 1. The molecule has 1 N–H and O–H groups in total. The summed E-state index contributed by atoms with van der Waals surface area (Å²) in [6.07, 6.45) is 4.58. The van der Waals surface area contributed by atoms with E-state index in [1.54, 1.807) is 0 Å². The van der Waals surface area contributed by atoms with Crippen molar-refractivity contribution in [1.82, 2.24) is 9.97 Å². The lowest BCUT2D eigenvalue weighted by atomic mass is 10.0. The summed E-state index contributed by atoms with van der Waals surface area (Å²) in [7, 11) is 0. The van der Waals surface area contributed by atoms with Gasteiger partial charge in [-0.1, -0.05) is 20.3 Å². The highest BCUT2D eigenvalue weighted by Crippen LogP contribution is 2.13. The number of nitrogens with zero attached hydrogens (tertiary/aromatic N) is 3. The van der Waals surface area contributed by atoms with E-state index in [0.717, 1.165) is 12.8 Å². The van der Waals surface area contributed by atoms with E-state index in [-0.39, 0.29) is 11.7 Å². The molecule has 0 aromatic carbocycles. The predicted octanol–water partition coefficient (Wildman–Crippen LogP) is 2.62. The Hall–Kier alpha value is -1.72. The van der Waals surface area contributed by atoms with Crippen molar-refractivity contribution in [2.45, 2.75) is 39.7 Å². The van der Waals surface area contributed by atoms with Gasteiger partial charge in [-0.05, 0) is 19.3 Å². The van der Waals surface area contributed by atoms with Crippen LogP contribution in [0, 0.1) is 16.0 Å². The van der Waals surface area contributed by atoms with Crippen LogP contribution < -0.4 is 5.32 Å². The smallest absolute Gasteiger partial charge is 0.305 e. The van der Waals surface area contributed by atoms with E-state index < -0.39 is 4.92 Å². The summed E-state index contributed by atoms with van der Waals surface area (Å²) >= 11 is 0. The van der Waals surface area contributed by atoms with Gasteiger partial charge in [0.15, 0.2) is 0 Å². The average molecular weight is 238 g/mol. The molecule has 1 heterocycles. The molecule has 0 saturated carbocycles. The van der Waals surface area contributed by atoms with Gasteiger partial charge < -0.3 is 5.32 Å². The van der Waals surface area contributed by atoms with E-state index in [1.807, 2.05) is 0 Å². The van der Waals surface area contributed by atoms with E-state index in [2.05, 4.69) is 36.1 Å². The molecule has 2 unspecified atom stereocenters. The first-order valence-electron chi connectivity index (χ1n) is 5.75. The van der Waals surface area contributed by atoms with E-state index in [0.29, 0.717) is 11.9 Å². The first-order chi connectivity index (χ1) is 8.02. The Morgan fingerprint density at radius 1 is 1.41 bits per heavy atom. The van der Waals surface area contributed by atoms with E-state index in [1.165, 1.54) is 12.4 Å². The lowest BCUT2D eigenvalue weighted by Gasteiger charge is -2.16. The highest BCUT2D eigenvalue weighted by atomic mass is 16.6. The van der Waals surface area contributed by atoms with Crippen LogP contribution >= 0.6 is 0 Å². The monoisotopic (exact) mass is 238 g/mol. The molecule has 17 heavy (non-hydrogen) atoms. The van der Waals surface area contributed by atoms with Gasteiger partial charge in [-0.15, -0.1) is 0 Å². The normalized spacial score (nSPS) is 14.1. The SMILES string of the molecule is CCC(C)CC(C)Nc1ncc([N+](=O)[O-])cn1. The zero-order valence-electron chi connectivity index (χ0n) is 10.4. The molecule has 0 radical (unpaired) electrons. The Labute approximate surface area is 101 Å². The summed E-state index contributed by atoms with van der Waals surface area (Å²) in [5.41, 5.74) is -0.0925. The molecule has 6 heteroatoms. The van der Waals surface area contributed by atoms with Gasteiger partial charge in [0.25, 0.3) is 0 Å². The third-order valence-corrected chi connectivity index (χ3v) is 2.68. The first kappa shape index (κ1) is 13.3. The summed E-state index contributed by atoms with van der Waals surface area (Å²) in [6.45, 7) is 6.39. The summed E-state index contributed by atoms with van der Waals surface area (Å²) < 4.78 is 0. The Balaban J connectivity index is 2.54. The van der Waals surface area contributed by atoms with Crippen molar-refractivity contribution in [3.05, 3.63) is 22.5 Å².